The van der Waals surface area contributed by atoms with Crippen molar-refractivity contribution in [2.24, 2.45) is 5.84 Å². The van der Waals surface area contributed by atoms with E-state index < -0.39 is 11.2 Å². The molecule has 0 spiro atoms. The molecule has 2 heterocycles. The summed E-state index contributed by atoms with van der Waals surface area (Å²) in [5, 5.41) is 2.68. The molecule has 1 aromatic heterocycles. The van der Waals surface area contributed by atoms with Crippen LogP contribution in [0.4, 0.5) is 0 Å². The molecular weight excluding hydrogens is 210 g/mol. The molecule has 5 heteroatoms. The second-order valence-corrected chi connectivity index (χ2v) is 5.38. The maximum atomic E-state index is 12.1. The highest BCUT2D eigenvalue weighted by molar-refractivity contribution is 7.92. The van der Waals surface area contributed by atoms with Crippen LogP contribution in [0.3, 0.4) is 0 Å². The van der Waals surface area contributed by atoms with Gasteiger partial charge in [0.1, 0.15) is 5.25 Å². The van der Waals surface area contributed by atoms with E-state index in [2.05, 4.69) is 4.98 Å². The Bertz CT molecular complexity index is 301. The van der Waals surface area contributed by atoms with Crippen molar-refractivity contribution in [2.75, 3.05) is 13.1 Å². The smallest absolute Gasteiger partial charge is 0.244 e. The summed E-state index contributed by atoms with van der Waals surface area (Å²) in [5.74, 6) is 5.65. The lowest BCUT2D eigenvalue weighted by Crippen LogP contribution is -2.43. The molecule has 1 aromatic rings. The lowest BCUT2D eigenvalue weighted by molar-refractivity contribution is 0.236. The molecule has 1 fully saturated rings. The van der Waals surface area contributed by atoms with Crippen molar-refractivity contribution in [3.63, 3.8) is 0 Å². The van der Waals surface area contributed by atoms with Crippen molar-refractivity contribution in [1.82, 2.24) is 9.99 Å². The van der Waals surface area contributed by atoms with Crippen molar-refractivity contribution in [3.05, 3.63) is 24.4 Å². The topological polar surface area (TPSA) is 65.2 Å². The minimum Gasteiger partial charge on any atom is -0.610 e. The second-order valence-electron chi connectivity index (χ2n) is 3.70. The Balaban J connectivity index is 1.99. The second kappa shape index (κ2) is 4.94. The van der Waals surface area contributed by atoms with E-state index in [9.17, 15) is 4.55 Å². The van der Waals surface area contributed by atoms with Crippen molar-refractivity contribution in [1.29, 1.82) is 0 Å². The van der Waals surface area contributed by atoms with Gasteiger partial charge in [-0.1, -0.05) is 6.07 Å². The molecule has 1 saturated heterocycles. The zero-order valence-electron chi connectivity index (χ0n) is 8.50. The van der Waals surface area contributed by atoms with Gasteiger partial charge in [0, 0.05) is 49.4 Å². The fourth-order valence-corrected chi connectivity index (χ4v) is 3.08. The first-order chi connectivity index (χ1) is 7.27. The summed E-state index contributed by atoms with van der Waals surface area (Å²) >= 11 is -0.978. The van der Waals surface area contributed by atoms with E-state index in [4.69, 9.17) is 5.84 Å². The fraction of sp³-hybridized carbons (Fsp3) is 0.500. The van der Waals surface area contributed by atoms with E-state index in [1.54, 1.807) is 11.2 Å². The van der Waals surface area contributed by atoms with Gasteiger partial charge in [-0.2, -0.15) is 0 Å². The van der Waals surface area contributed by atoms with Crippen molar-refractivity contribution < 1.29 is 4.55 Å². The van der Waals surface area contributed by atoms with Gasteiger partial charge >= 0.3 is 0 Å². The Morgan fingerprint density at radius 3 is 2.73 bits per heavy atom. The maximum absolute atomic E-state index is 12.1. The van der Waals surface area contributed by atoms with Gasteiger partial charge in [0.15, 0.2) is 0 Å². The molecule has 82 valence electrons. The standard InChI is InChI=1S/C10H15N3OS/c11-13-7-4-9(5-8-13)15(14)10-3-1-2-6-12-10/h1-3,6,9H,4-5,7-8,11H2. The molecule has 1 aliphatic rings. The van der Waals surface area contributed by atoms with E-state index >= 15 is 0 Å². The molecule has 1 aliphatic heterocycles. The molecule has 0 saturated carbocycles. The zero-order valence-corrected chi connectivity index (χ0v) is 9.32. The van der Waals surface area contributed by atoms with E-state index in [-0.39, 0.29) is 5.25 Å². The van der Waals surface area contributed by atoms with Crippen LogP contribution in [0.2, 0.25) is 0 Å². The van der Waals surface area contributed by atoms with Gasteiger partial charge in [0.05, 0.1) is 0 Å². The van der Waals surface area contributed by atoms with Crippen molar-refractivity contribution >= 4 is 11.2 Å². The maximum Gasteiger partial charge on any atom is 0.244 e. The van der Waals surface area contributed by atoms with Gasteiger partial charge in [-0.15, -0.1) is 0 Å². The molecular formula is C10H15N3OS. The molecule has 0 aromatic carbocycles. The largest absolute Gasteiger partial charge is 0.610 e. The summed E-state index contributed by atoms with van der Waals surface area (Å²) in [6.07, 6.45) is 3.46. The van der Waals surface area contributed by atoms with Crippen LogP contribution >= 0.6 is 0 Å². The summed E-state index contributed by atoms with van der Waals surface area (Å²) in [5.41, 5.74) is 0. The van der Waals surface area contributed by atoms with Gasteiger partial charge < -0.3 is 4.55 Å². The summed E-state index contributed by atoms with van der Waals surface area (Å²) in [7, 11) is 0. The molecule has 4 nitrogen and oxygen atoms in total. The average Bonchev–Trinajstić information content (AvgIpc) is 2.30. The molecule has 0 aliphatic carbocycles. The molecule has 1 atom stereocenters. The Hall–Kier alpha value is -0.620. The van der Waals surface area contributed by atoms with Crippen molar-refractivity contribution in [3.8, 4) is 0 Å². The van der Waals surface area contributed by atoms with Gasteiger partial charge in [0.2, 0.25) is 5.03 Å². The van der Waals surface area contributed by atoms with E-state index in [1.165, 1.54) is 0 Å². The predicted molar refractivity (Wildman–Crippen MR) is 59.4 cm³/mol. The van der Waals surface area contributed by atoms with Crippen LogP contribution in [-0.4, -0.2) is 32.9 Å². The Morgan fingerprint density at radius 1 is 1.40 bits per heavy atom. The first-order valence-electron chi connectivity index (χ1n) is 5.08. The van der Waals surface area contributed by atoms with Gasteiger partial charge in [-0.05, 0) is 6.07 Å². The molecule has 2 N–H and O–H groups in total. The van der Waals surface area contributed by atoms with Crippen LogP contribution in [0, 0.1) is 0 Å². The van der Waals surface area contributed by atoms with Crippen LogP contribution in [-0.2, 0) is 11.2 Å². The Kier molecular flexibility index (Phi) is 3.58. The van der Waals surface area contributed by atoms with E-state index in [0.717, 1.165) is 25.9 Å². The Labute approximate surface area is 92.6 Å². The van der Waals surface area contributed by atoms with Gasteiger partial charge in [-0.3, -0.25) is 5.84 Å². The van der Waals surface area contributed by atoms with Crippen molar-refractivity contribution in [2.45, 2.75) is 23.1 Å². The van der Waals surface area contributed by atoms with Gasteiger partial charge in [-0.25, -0.2) is 9.99 Å². The van der Waals surface area contributed by atoms with Crippen LogP contribution in [0.15, 0.2) is 29.4 Å². The molecule has 1 unspecified atom stereocenters. The number of pyridine rings is 1. The number of rotatable bonds is 2. The van der Waals surface area contributed by atoms with Crippen LogP contribution in [0.1, 0.15) is 12.8 Å². The first-order valence-corrected chi connectivity index (χ1v) is 6.30. The normalized spacial score (nSPS) is 21.5. The fourth-order valence-electron chi connectivity index (χ4n) is 1.73. The number of nitrogens with zero attached hydrogens (tertiary/aromatic N) is 2. The van der Waals surface area contributed by atoms with Crippen LogP contribution in [0.25, 0.3) is 0 Å². The lowest BCUT2D eigenvalue weighted by atomic mass is 10.1. The molecule has 2 rings (SSSR count). The minimum absolute atomic E-state index is 0.208. The third-order valence-electron chi connectivity index (χ3n) is 2.62. The highest BCUT2D eigenvalue weighted by Crippen LogP contribution is 2.21. The number of piperidine rings is 1. The summed E-state index contributed by atoms with van der Waals surface area (Å²) in [4.78, 5) is 4.13. The predicted octanol–water partition coefficient (Wildman–Crippen LogP) is 0.527. The number of nitrogens with two attached hydrogens (primary N) is 1. The van der Waals surface area contributed by atoms with E-state index in [1.807, 2.05) is 18.2 Å². The highest BCUT2D eigenvalue weighted by atomic mass is 32.2. The lowest BCUT2D eigenvalue weighted by Gasteiger charge is -2.29. The minimum atomic E-state index is -0.978. The summed E-state index contributed by atoms with van der Waals surface area (Å²) in [6, 6.07) is 5.53. The third-order valence-corrected chi connectivity index (χ3v) is 4.35. The van der Waals surface area contributed by atoms with Gasteiger partial charge in [0.25, 0.3) is 0 Å². The molecule has 15 heavy (non-hydrogen) atoms. The highest BCUT2D eigenvalue weighted by Gasteiger charge is 2.29. The first kappa shape index (κ1) is 10.9. The van der Waals surface area contributed by atoms with Crippen LogP contribution < -0.4 is 5.84 Å². The number of hydrazine groups is 1. The quantitative estimate of drug-likeness (QED) is 0.589. The van der Waals surface area contributed by atoms with E-state index in [0.29, 0.717) is 5.03 Å². The molecule has 0 amide bonds. The summed E-state index contributed by atoms with van der Waals surface area (Å²) in [6.45, 7) is 1.65. The zero-order chi connectivity index (χ0) is 10.7. The Morgan fingerprint density at radius 2 is 2.13 bits per heavy atom. The number of aromatic nitrogens is 1. The molecule has 0 radical (unpaired) electrons. The number of hydrogen-bond acceptors (Lipinski definition) is 4. The monoisotopic (exact) mass is 225 g/mol. The average molecular weight is 225 g/mol. The number of hydrogen-bond donors (Lipinski definition) is 1. The summed E-state index contributed by atoms with van der Waals surface area (Å²) < 4.78 is 12.1. The molecule has 0 bridgehead atoms. The van der Waals surface area contributed by atoms with Crippen LogP contribution in [0.5, 0.6) is 0 Å². The SMILES string of the molecule is NN1CCC([S+]([O-])c2ccccn2)CC1. The third kappa shape index (κ3) is 2.69.